The van der Waals surface area contributed by atoms with Crippen LogP contribution < -0.4 is 0 Å². The van der Waals surface area contributed by atoms with Gasteiger partial charge in [-0.3, -0.25) is 4.90 Å². The smallest absolute Gasteiger partial charge is 0.112 e. The fraction of sp³-hybridized carbons (Fsp3) is 0.556. The van der Waals surface area contributed by atoms with E-state index in [1.807, 2.05) is 5.38 Å². The van der Waals surface area contributed by atoms with Gasteiger partial charge in [0.25, 0.3) is 0 Å². The van der Waals surface area contributed by atoms with E-state index in [2.05, 4.69) is 11.8 Å². The number of hydrogen-bond acceptors (Lipinski definition) is 2. The van der Waals surface area contributed by atoms with Gasteiger partial charge >= 0.3 is 0 Å². The Morgan fingerprint density at radius 3 is 2.69 bits per heavy atom. The van der Waals surface area contributed by atoms with Gasteiger partial charge < -0.3 is 0 Å². The van der Waals surface area contributed by atoms with Gasteiger partial charge in [-0.05, 0) is 16.9 Å². The molecular weight excluding hydrogens is 225 g/mol. The van der Waals surface area contributed by atoms with E-state index < -0.39 is 0 Å². The van der Waals surface area contributed by atoms with Crippen molar-refractivity contribution in [1.29, 1.82) is 0 Å². The number of rotatable bonds is 2. The molecule has 1 aromatic heterocycles. The maximum Gasteiger partial charge on any atom is 0.112 e. The Hall–Kier alpha value is 0.240. The second-order valence-corrected chi connectivity index (χ2v) is 5.51. The highest BCUT2D eigenvalue weighted by Gasteiger charge is 2.23. The van der Waals surface area contributed by atoms with Crippen LogP contribution in [0.25, 0.3) is 0 Å². The van der Waals surface area contributed by atoms with E-state index >= 15 is 0 Å². The van der Waals surface area contributed by atoms with Crippen molar-refractivity contribution < 1.29 is 0 Å². The zero-order chi connectivity index (χ0) is 9.42. The van der Waals surface area contributed by atoms with Crippen LogP contribution in [-0.2, 0) is 6.54 Å². The topological polar surface area (TPSA) is 3.24 Å². The maximum atomic E-state index is 6.02. The van der Waals surface area contributed by atoms with E-state index in [0.717, 1.165) is 17.5 Å². The molecule has 0 aliphatic carbocycles. The van der Waals surface area contributed by atoms with Crippen LogP contribution in [0.1, 0.15) is 12.5 Å². The lowest BCUT2D eigenvalue weighted by Crippen LogP contribution is -2.44. The van der Waals surface area contributed by atoms with E-state index in [1.54, 1.807) is 0 Å². The molecule has 1 aliphatic heterocycles. The Labute approximate surface area is 92.3 Å². The molecule has 0 unspecified atom stereocenters. The molecule has 72 valence electrons. The predicted molar refractivity (Wildman–Crippen MR) is 58.8 cm³/mol. The SMILES string of the molecule is CC1CN(Cc2csc(Cl)c2Cl)C1. The van der Waals surface area contributed by atoms with E-state index in [9.17, 15) is 0 Å². The van der Waals surface area contributed by atoms with Crippen molar-refractivity contribution in [3.8, 4) is 0 Å². The highest BCUT2D eigenvalue weighted by molar-refractivity contribution is 7.15. The fourth-order valence-corrected chi connectivity index (χ4v) is 2.90. The third-order valence-corrected chi connectivity index (χ3v) is 4.20. The average Bonchev–Trinajstić information content (AvgIpc) is 2.33. The van der Waals surface area contributed by atoms with Crippen molar-refractivity contribution in [2.24, 2.45) is 5.92 Å². The number of nitrogens with zero attached hydrogens (tertiary/aromatic N) is 1. The lowest BCUT2D eigenvalue weighted by Gasteiger charge is -2.37. The van der Waals surface area contributed by atoms with Gasteiger partial charge in [0.15, 0.2) is 0 Å². The van der Waals surface area contributed by atoms with Crippen molar-refractivity contribution >= 4 is 34.5 Å². The Kier molecular flexibility index (Phi) is 2.84. The summed E-state index contributed by atoms with van der Waals surface area (Å²) >= 11 is 13.4. The molecule has 0 saturated carbocycles. The second-order valence-electron chi connectivity index (χ2n) is 3.65. The predicted octanol–water partition coefficient (Wildman–Crippen LogP) is 3.51. The molecule has 1 aromatic rings. The molecule has 0 atom stereocenters. The van der Waals surface area contributed by atoms with Gasteiger partial charge in [-0.1, -0.05) is 30.1 Å². The number of halogens is 2. The van der Waals surface area contributed by atoms with Crippen LogP contribution in [0.15, 0.2) is 5.38 Å². The van der Waals surface area contributed by atoms with Crippen molar-refractivity contribution in [3.05, 3.63) is 20.3 Å². The Bertz CT molecular complexity index is 305. The third-order valence-electron chi connectivity index (χ3n) is 2.29. The lowest BCUT2D eigenvalue weighted by atomic mass is 10.0. The lowest BCUT2D eigenvalue weighted by molar-refractivity contribution is 0.105. The van der Waals surface area contributed by atoms with Gasteiger partial charge in [-0.15, -0.1) is 11.3 Å². The minimum absolute atomic E-state index is 0.713. The van der Waals surface area contributed by atoms with Crippen LogP contribution in [0.5, 0.6) is 0 Å². The van der Waals surface area contributed by atoms with Crippen molar-refractivity contribution in [2.45, 2.75) is 13.5 Å². The Morgan fingerprint density at radius 2 is 2.23 bits per heavy atom. The molecule has 13 heavy (non-hydrogen) atoms. The van der Waals surface area contributed by atoms with Crippen LogP contribution in [0.4, 0.5) is 0 Å². The largest absolute Gasteiger partial charge is 0.298 e. The molecular formula is C9H11Cl2NS. The molecule has 0 aromatic carbocycles. The molecule has 1 nitrogen and oxygen atoms in total. The minimum Gasteiger partial charge on any atom is -0.298 e. The molecule has 1 aliphatic rings. The molecule has 4 heteroatoms. The van der Waals surface area contributed by atoms with Gasteiger partial charge in [0, 0.05) is 19.6 Å². The summed E-state index contributed by atoms with van der Waals surface area (Å²) in [5, 5.41) is 2.79. The quantitative estimate of drug-likeness (QED) is 0.759. The zero-order valence-corrected chi connectivity index (χ0v) is 9.72. The van der Waals surface area contributed by atoms with E-state index in [4.69, 9.17) is 23.2 Å². The third kappa shape index (κ3) is 2.01. The first kappa shape index (κ1) is 9.78. The van der Waals surface area contributed by atoms with Gasteiger partial charge in [-0.2, -0.15) is 0 Å². The van der Waals surface area contributed by atoms with Crippen molar-refractivity contribution in [3.63, 3.8) is 0 Å². The summed E-state index contributed by atoms with van der Waals surface area (Å²) in [5.74, 6) is 0.841. The molecule has 0 spiro atoms. The molecule has 1 saturated heterocycles. The summed E-state index contributed by atoms with van der Waals surface area (Å²) in [4.78, 5) is 2.38. The summed E-state index contributed by atoms with van der Waals surface area (Å²) in [6, 6.07) is 0. The minimum atomic E-state index is 0.713. The Balaban J connectivity index is 1.98. The van der Waals surface area contributed by atoms with Crippen LogP contribution >= 0.6 is 34.5 Å². The second kappa shape index (κ2) is 3.77. The first-order chi connectivity index (χ1) is 6.16. The van der Waals surface area contributed by atoms with Crippen LogP contribution in [0, 0.1) is 5.92 Å². The summed E-state index contributed by atoms with van der Waals surface area (Å²) < 4.78 is 0.713. The Morgan fingerprint density at radius 1 is 1.54 bits per heavy atom. The summed E-state index contributed by atoms with van der Waals surface area (Å²) in [5.41, 5.74) is 1.17. The zero-order valence-electron chi connectivity index (χ0n) is 7.39. The van der Waals surface area contributed by atoms with Crippen molar-refractivity contribution in [1.82, 2.24) is 4.90 Å². The molecule has 1 fully saturated rings. The highest BCUT2D eigenvalue weighted by atomic mass is 35.5. The maximum absolute atomic E-state index is 6.02. The summed E-state index contributed by atoms with van der Waals surface area (Å²) in [7, 11) is 0. The highest BCUT2D eigenvalue weighted by Crippen LogP contribution is 2.34. The fourth-order valence-electron chi connectivity index (χ4n) is 1.66. The number of hydrogen-bond donors (Lipinski definition) is 0. The number of likely N-dealkylation sites (tertiary alicyclic amines) is 1. The monoisotopic (exact) mass is 235 g/mol. The van der Waals surface area contributed by atoms with Crippen LogP contribution in [0.2, 0.25) is 9.36 Å². The molecule has 0 radical (unpaired) electrons. The van der Waals surface area contributed by atoms with E-state index in [0.29, 0.717) is 4.34 Å². The standard InChI is InChI=1S/C9H11Cl2NS/c1-6-2-12(3-6)4-7-5-13-9(11)8(7)10/h5-6H,2-4H2,1H3. The van der Waals surface area contributed by atoms with Gasteiger partial charge in [0.1, 0.15) is 4.34 Å². The summed E-state index contributed by atoms with van der Waals surface area (Å²) in [6.45, 7) is 5.58. The van der Waals surface area contributed by atoms with Gasteiger partial charge in [-0.25, -0.2) is 0 Å². The normalized spacial score (nSPS) is 19.0. The van der Waals surface area contributed by atoms with Gasteiger partial charge in [0.2, 0.25) is 0 Å². The molecule has 0 bridgehead atoms. The van der Waals surface area contributed by atoms with Crippen LogP contribution in [0.3, 0.4) is 0 Å². The molecule has 0 amide bonds. The first-order valence-corrected chi connectivity index (χ1v) is 5.94. The number of thiophene rings is 1. The average molecular weight is 236 g/mol. The van der Waals surface area contributed by atoms with Crippen LogP contribution in [-0.4, -0.2) is 18.0 Å². The van der Waals surface area contributed by atoms with E-state index in [-0.39, 0.29) is 0 Å². The van der Waals surface area contributed by atoms with Gasteiger partial charge in [0.05, 0.1) is 5.02 Å². The van der Waals surface area contributed by atoms with E-state index in [1.165, 1.54) is 30.0 Å². The molecule has 2 rings (SSSR count). The molecule has 0 N–H and O–H groups in total. The molecule has 2 heterocycles. The first-order valence-electron chi connectivity index (χ1n) is 4.30. The summed E-state index contributed by atoms with van der Waals surface area (Å²) in [6.07, 6.45) is 0. The van der Waals surface area contributed by atoms with Crippen molar-refractivity contribution in [2.75, 3.05) is 13.1 Å².